The highest BCUT2D eigenvalue weighted by atomic mass is 19.1. The van der Waals surface area contributed by atoms with Gasteiger partial charge in [0.15, 0.2) is 0 Å². The first-order chi connectivity index (χ1) is 8.20. The normalized spacial score (nSPS) is 16.0. The third-order valence-corrected chi connectivity index (χ3v) is 2.91. The Bertz CT molecular complexity index is 414. The van der Waals surface area contributed by atoms with Crippen molar-refractivity contribution >= 4 is 5.91 Å². The first-order valence-electron chi connectivity index (χ1n) is 5.87. The molecule has 1 aromatic rings. The van der Waals surface area contributed by atoms with Crippen molar-refractivity contribution in [2.45, 2.75) is 13.3 Å². The van der Waals surface area contributed by atoms with Gasteiger partial charge in [0.2, 0.25) is 0 Å². The molecule has 92 valence electrons. The fourth-order valence-corrected chi connectivity index (χ4v) is 1.93. The summed E-state index contributed by atoms with van der Waals surface area (Å²) >= 11 is 0. The number of morpholine rings is 1. The number of hydrogen-bond donors (Lipinski definition) is 0. The Balaban J connectivity index is 2.20. The number of ether oxygens (including phenoxy) is 1. The minimum absolute atomic E-state index is 0.109. The second-order valence-corrected chi connectivity index (χ2v) is 4.11. The fourth-order valence-electron chi connectivity index (χ4n) is 1.93. The van der Waals surface area contributed by atoms with Crippen LogP contribution in [0.15, 0.2) is 18.2 Å². The maximum Gasteiger partial charge on any atom is 0.254 e. The molecule has 1 saturated heterocycles. The van der Waals surface area contributed by atoms with E-state index in [-0.39, 0.29) is 11.7 Å². The van der Waals surface area contributed by atoms with Crippen LogP contribution in [0.2, 0.25) is 0 Å². The smallest absolute Gasteiger partial charge is 0.254 e. The van der Waals surface area contributed by atoms with Crippen molar-refractivity contribution in [2.24, 2.45) is 0 Å². The molecule has 0 spiro atoms. The summed E-state index contributed by atoms with van der Waals surface area (Å²) in [4.78, 5) is 13.8. The topological polar surface area (TPSA) is 29.5 Å². The van der Waals surface area contributed by atoms with Gasteiger partial charge in [-0.3, -0.25) is 4.79 Å². The van der Waals surface area contributed by atoms with Gasteiger partial charge in [-0.05, 0) is 30.2 Å². The molecular weight excluding hydrogens is 221 g/mol. The molecule has 0 aliphatic carbocycles. The molecule has 1 fully saturated rings. The summed E-state index contributed by atoms with van der Waals surface area (Å²) in [6.45, 7) is 4.22. The van der Waals surface area contributed by atoms with E-state index in [9.17, 15) is 9.18 Å². The predicted molar refractivity (Wildman–Crippen MR) is 62.5 cm³/mol. The van der Waals surface area contributed by atoms with Crippen molar-refractivity contribution in [3.63, 3.8) is 0 Å². The SMILES string of the molecule is CCc1cc(F)cc(C(=O)N2CCOCC2)c1. The molecule has 17 heavy (non-hydrogen) atoms. The van der Waals surface area contributed by atoms with Crippen LogP contribution < -0.4 is 0 Å². The molecule has 0 saturated carbocycles. The second kappa shape index (κ2) is 5.27. The zero-order valence-corrected chi connectivity index (χ0v) is 9.91. The number of halogens is 1. The maximum atomic E-state index is 13.3. The predicted octanol–water partition coefficient (Wildman–Crippen LogP) is 1.86. The lowest BCUT2D eigenvalue weighted by Crippen LogP contribution is -2.40. The van der Waals surface area contributed by atoms with Gasteiger partial charge in [0.05, 0.1) is 13.2 Å². The van der Waals surface area contributed by atoms with E-state index in [1.807, 2.05) is 6.92 Å². The van der Waals surface area contributed by atoms with Gasteiger partial charge in [-0.1, -0.05) is 6.92 Å². The van der Waals surface area contributed by atoms with Crippen LogP contribution in [0.5, 0.6) is 0 Å². The molecule has 0 bridgehead atoms. The van der Waals surface area contributed by atoms with Crippen LogP contribution in [0.3, 0.4) is 0 Å². The van der Waals surface area contributed by atoms with E-state index in [1.54, 1.807) is 11.0 Å². The molecule has 0 atom stereocenters. The summed E-state index contributed by atoms with van der Waals surface area (Å²) in [7, 11) is 0. The highest BCUT2D eigenvalue weighted by Crippen LogP contribution is 2.13. The van der Waals surface area contributed by atoms with Crippen LogP contribution in [0, 0.1) is 5.82 Å². The molecule has 3 nitrogen and oxygen atoms in total. The third kappa shape index (κ3) is 2.82. The van der Waals surface area contributed by atoms with Crippen LogP contribution in [0.25, 0.3) is 0 Å². The third-order valence-electron chi connectivity index (χ3n) is 2.91. The summed E-state index contributed by atoms with van der Waals surface area (Å²) in [5.41, 5.74) is 1.28. The van der Waals surface area contributed by atoms with Crippen molar-refractivity contribution in [1.82, 2.24) is 4.90 Å². The Morgan fingerprint density at radius 3 is 2.71 bits per heavy atom. The Kier molecular flexibility index (Phi) is 3.74. The Hall–Kier alpha value is -1.42. The zero-order valence-electron chi connectivity index (χ0n) is 9.91. The minimum atomic E-state index is -0.346. The van der Waals surface area contributed by atoms with Crippen LogP contribution in [-0.4, -0.2) is 37.1 Å². The van der Waals surface area contributed by atoms with Crippen molar-refractivity contribution in [3.05, 3.63) is 35.1 Å². The van der Waals surface area contributed by atoms with Crippen molar-refractivity contribution in [2.75, 3.05) is 26.3 Å². The lowest BCUT2D eigenvalue weighted by Gasteiger charge is -2.27. The van der Waals surface area contributed by atoms with Gasteiger partial charge in [0.25, 0.3) is 5.91 Å². The van der Waals surface area contributed by atoms with Gasteiger partial charge >= 0.3 is 0 Å². The van der Waals surface area contributed by atoms with Crippen LogP contribution in [0.4, 0.5) is 4.39 Å². The number of rotatable bonds is 2. The standard InChI is InChI=1S/C13H16FNO2/c1-2-10-7-11(9-12(14)8-10)13(16)15-3-5-17-6-4-15/h7-9H,2-6H2,1H3. The average molecular weight is 237 g/mol. The number of benzene rings is 1. The average Bonchev–Trinajstić information content (AvgIpc) is 2.38. The summed E-state index contributed by atoms with van der Waals surface area (Å²) in [5.74, 6) is -0.455. The van der Waals surface area contributed by atoms with Gasteiger partial charge < -0.3 is 9.64 Å². The van der Waals surface area contributed by atoms with Gasteiger partial charge in [-0.2, -0.15) is 0 Å². The van der Waals surface area contributed by atoms with E-state index in [4.69, 9.17) is 4.74 Å². The second-order valence-electron chi connectivity index (χ2n) is 4.11. The molecule has 2 rings (SSSR count). The van der Waals surface area contributed by atoms with Crippen molar-refractivity contribution in [3.8, 4) is 0 Å². The monoisotopic (exact) mass is 237 g/mol. The lowest BCUT2D eigenvalue weighted by atomic mass is 10.1. The highest BCUT2D eigenvalue weighted by Gasteiger charge is 2.19. The van der Waals surface area contributed by atoms with Gasteiger partial charge in [0, 0.05) is 18.7 Å². The fraction of sp³-hybridized carbons (Fsp3) is 0.462. The van der Waals surface area contributed by atoms with Crippen molar-refractivity contribution in [1.29, 1.82) is 0 Å². The molecule has 1 aliphatic heterocycles. The lowest BCUT2D eigenvalue weighted by molar-refractivity contribution is 0.0302. The number of hydrogen-bond acceptors (Lipinski definition) is 2. The molecule has 0 aromatic heterocycles. The van der Waals surface area contributed by atoms with E-state index >= 15 is 0 Å². The van der Waals surface area contributed by atoms with E-state index in [0.29, 0.717) is 31.9 Å². The van der Waals surface area contributed by atoms with E-state index in [2.05, 4.69) is 0 Å². The maximum absolute atomic E-state index is 13.3. The number of carbonyl (C=O) groups is 1. The Morgan fingerprint density at radius 2 is 2.06 bits per heavy atom. The van der Waals surface area contributed by atoms with Crippen molar-refractivity contribution < 1.29 is 13.9 Å². The van der Waals surface area contributed by atoms with Gasteiger partial charge in [0.1, 0.15) is 5.82 Å². The summed E-state index contributed by atoms with van der Waals surface area (Å²) in [6.07, 6.45) is 0.723. The number of amides is 1. The molecule has 1 amide bonds. The van der Waals surface area contributed by atoms with Crippen LogP contribution >= 0.6 is 0 Å². The quantitative estimate of drug-likeness (QED) is 0.785. The highest BCUT2D eigenvalue weighted by molar-refractivity contribution is 5.94. The molecule has 1 heterocycles. The van der Waals surface area contributed by atoms with Crippen LogP contribution in [-0.2, 0) is 11.2 Å². The number of nitrogens with zero attached hydrogens (tertiary/aromatic N) is 1. The number of carbonyl (C=O) groups excluding carboxylic acids is 1. The van der Waals surface area contributed by atoms with E-state index < -0.39 is 0 Å². The summed E-state index contributed by atoms with van der Waals surface area (Å²) < 4.78 is 18.5. The molecule has 4 heteroatoms. The summed E-state index contributed by atoms with van der Waals surface area (Å²) in [6, 6.07) is 4.54. The molecule has 0 unspecified atom stereocenters. The first-order valence-corrected chi connectivity index (χ1v) is 5.87. The molecular formula is C13H16FNO2. The first kappa shape index (κ1) is 12.0. The zero-order chi connectivity index (χ0) is 12.3. The van der Waals surface area contributed by atoms with Gasteiger partial charge in [-0.25, -0.2) is 4.39 Å². The molecule has 1 aromatic carbocycles. The van der Waals surface area contributed by atoms with Crippen LogP contribution in [0.1, 0.15) is 22.8 Å². The minimum Gasteiger partial charge on any atom is -0.378 e. The summed E-state index contributed by atoms with van der Waals surface area (Å²) in [5, 5.41) is 0. The molecule has 0 N–H and O–H groups in total. The molecule has 1 aliphatic rings. The number of aryl methyl sites for hydroxylation is 1. The largest absolute Gasteiger partial charge is 0.378 e. The molecule has 0 radical (unpaired) electrons. The van der Waals surface area contributed by atoms with E-state index in [1.165, 1.54) is 12.1 Å². The Morgan fingerprint density at radius 1 is 1.35 bits per heavy atom. The van der Waals surface area contributed by atoms with E-state index in [0.717, 1.165) is 12.0 Å². The van der Waals surface area contributed by atoms with Gasteiger partial charge in [-0.15, -0.1) is 0 Å². The Labute approximate surface area is 100 Å².